The molecular weight excluding hydrogens is 344 g/mol. The Morgan fingerprint density at radius 1 is 1.15 bits per heavy atom. The van der Waals surface area contributed by atoms with Crippen LogP contribution in [-0.4, -0.2) is 33.8 Å². The molecule has 2 N–H and O–H groups in total. The molecule has 6 nitrogen and oxygen atoms in total. The van der Waals surface area contributed by atoms with E-state index in [0.717, 1.165) is 50.4 Å². The Balaban J connectivity index is 2.00. The molecule has 7 heteroatoms. The van der Waals surface area contributed by atoms with E-state index in [1.54, 1.807) is 11.3 Å². The van der Waals surface area contributed by atoms with Crippen LogP contribution in [0.1, 0.15) is 54.5 Å². The summed E-state index contributed by atoms with van der Waals surface area (Å²) in [6.45, 7) is 10.9. The maximum absolute atomic E-state index is 4.79. The van der Waals surface area contributed by atoms with Crippen molar-refractivity contribution in [3.05, 3.63) is 33.0 Å². The highest BCUT2D eigenvalue weighted by Gasteiger charge is 2.13. The fraction of sp³-hybridized carbons (Fsp3) is 0.632. The largest absolute Gasteiger partial charge is 0.357 e. The number of hydrogen-bond donors (Lipinski definition) is 2. The summed E-state index contributed by atoms with van der Waals surface area (Å²) >= 11 is 1.80. The van der Waals surface area contributed by atoms with Gasteiger partial charge in [0.15, 0.2) is 5.96 Å². The molecule has 0 saturated carbocycles. The highest BCUT2D eigenvalue weighted by atomic mass is 32.1. The maximum atomic E-state index is 4.79. The van der Waals surface area contributed by atoms with E-state index in [4.69, 9.17) is 4.99 Å². The number of rotatable bonds is 9. The van der Waals surface area contributed by atoms with Gasteiger partial charge >= 0.3 is 0 Å². The number of hydrogen-bond acceptors (Lipinski definition) is 4. The SMILES string of the molecule is CCNC(=NCc1c(CC)nn(C)c1CC)NCCc1ncc(CC)s1. The molecule has 0 saturated heterocycles. The van der Waals surface area contributed by atoms with E-state index in [-0.39, 0.29) is 0 Å². The van der Waals surface area contributed by atoms with Crippen molar-refractivity contribution in [1.82, 2.24) is 25.4 Å². The molecule has 2 aromatic heterocycles. The Morgan fingerprint density at radius 3 is 2.58 bits per heavy atom. The molecular formula is C19H32N6S. The lowest BCUT2D eigenvalue weighted by Crippen LogP contribution is -2.38. The Hall–Kier alpha value is -1.89. The molecule has 0 atom stereocenters. The average Bonchev–Trinajstić information content (AvgIpc) is 3.22. The van der Waals surface area contributed by atoms with E-state index >= 15 is 0 Å². The summed E-state index contributed by atoms with van der Waals surface area (Å²) < 4.78 is 2.00. The Kier molecular flexibility index (Phi) is 8.09. The van der Waals surface area contributed by atoms with Crippen molar-refractivity contribution in [2.24, 2.45) is 12.0 Å². The van der Waals surface area contributed by atoms with Crippen molar-refractivity contribution < 1.29 is 0 Å². The first-order chi connectivity index (χ1) is 12.6. The fourth-order valence-corrected chi connectivity index (χ4v) is 3.85. The molecule has 0 aliphatic heterocycles. The number of nitrogens with one attached hydrogen (secondary N) is 2. The zero-order chi connectivity index (χ0) is 18.9. The smallest absolute Gasteiger partial charge is 0.191 e. The number of thiazole rings is 1. The quantitative estimate of drug-likeness (QED) is 0.522. The molecule has 0 aromatic carbocycles. The molecule has 0 spiro atoms. The predicted molar refractivity (Wildman–Crippen MR) is 110 cm³/mol. The summed E-state index contributed by atoms with van der Waals surface area (Å²) in [5, 5.41) is 12.6. The highest BCUT2D eigenvalue weighted by Crippen LogP contribution is 2.16. The fourth-order valence-electron chi connectivity index (χ4n) is 2.99. The number of nitrogens with zero attached hydrogens (tertiary/aromatic N) is 4. The van der Waals surface area contributed by atoms with Gasteiger partial charge in [-0.15, -0.1) is 11.3 Å². The number of aliphatic imine (C=N–C) groups is 1. The Bertz CT molecular complexity index is 716. The summed E-state index contributed by atoms with van der Waals surface area (Å²) in [5.74, 6) is 0.854. The number of guanidine groups is 1. The monoisotopic (exact) mass is 376 g/mol. The number of aryl methyl sites for hydroxylation is 3. The number of aromatic nitrogens is 3. The van der Waals surface area contributed by atoms with Gasteiger partial charge in [-0.1, -0.05) is 20.8 Å². The Labute approximate surface area is 161 Å². The molecule has 0 fully saturated rings. The van der Waals surface area contributed by atoms with Crippen LogP contribution in [0.5, 0.6) is 0 Å². The molecule has 0 amide bonds. The summed E-state index contributed by atoms with van der Waals surface area (Å²) in [7, 11) is 2.02. The van der Waals surface area contributed by atoms with Crippen LogP contribution in [0.15, 0.2) is 11.2 Å². The molecule has 2 rings (SSSR count). The zero-order valence-electron chi connectivity index (χ0n) is 16.7. The molecule has 144 valence electrons. The lowest BCUT2D eigenvalue weighted by molar-refractivity contribution is 0.703. The van der Waals surface area contributed by atoms with Crippen LogP contribution >= 0.6 is 11.3 Å². The van der Waals surface area contributed by atoms with Crippen molar-refractivity contribution in [3.63, 3.8) is 0 Å². The summed E-state index contributed by atoms with van der Waals surface area (Å²) in [4.78, 5) is 10.6. The molecule has 2 heterocycles. The summed E-state index contributed by atoms with van der Waals surface area (Å²) in [5.41, 5.74) is 3.69. The van der Waals surface area contributed by atoms with E-state index in [0.29, 0.717) is 6.54 Å². The topological polar surface area (TPSA) is 67.1 Å². The Morgan fingerprint density at radius 2 is 1.96 bits per heavy atom. The van der Waals surface area contributed by atoms with Gasteiger partial charge < -0.3 is 10.6 Å². The van der Waals surface area contributed by atoms with Crippen molar-refractivity contribution in [2.45, 2.75) is 59.9 Å². The van der Waals surface area contributed by atoms with Gasteiger partial charge in [0.2, 0.25) is 0 Å². The van der Waals surface area contributed by atoms with Crippen LogP contribution in [0.4, 0.5) is 0 Å². The molecule has 2 aromatic rings. The van der Waals surface area contributed by atoms with Crippen molar-refractivity contribution in [3.8, 4) is 0 Å². The van der Waals surface area contributed by atoms with Gasteiger partial charge in [-0.2, -0.15) is 5.10 Å². The minimum atomic E-state index is 0.659. The van der Waals surface area contributed by atoms with Gasteiger partial charge in [-0.05, 0) is 26.2 Å². The third-order valence-corrected chi connectivity index (χ3v) is 5.55. The van der Waals surface area contributed by atoms with Crippen LogP contribution in [0.25, 0.3) is 0 Å². The second-order valence-electron chi connectivity index (χ2n) is 6.15. The molecule has 26 heavy (non-hydrogen) atoms. The minimum Gasteiger partial charge on any atom is -0.357 e. The highest BCUT2D eigenvalue weighted by molar-refractivity contribution is 7.11. The lowest BCUT2D eigenvalue weighted by atomic mass is 10.1. The van der Waals surface area contributed by atoms with Crippen LogP contribution in [-0.2, 0) is 39.3 Å². The van der Waals surface area contributed by atoms with Gasteiger partial charge in [0.1, 0.15) is 0 Å². The maximum Gasteiger partial charge on any atom is 0.191 e. The van der Waals surface area contributed by atoms with Crippen LogP contribution in [0.3, 0.4) is 0 Å². The van der Waals surface area contributed by atoms with E-state index < -0.39 is 0 Å². The van der Waals surface area contributed by atoms with Gasteiger partial charge in [0.05, 0.1) is 17.2 Å². The van der Waals surface area contributed by atoms with E-state index in [1.807, 2.05) is 17.9 Å². The van der Waals surface area contributed by atoms with E-state index in [2.05, 4.69) is 48.4 Å². The first kappa shape index (κ1) is 20.4. The second kappa shape index (κ2) is 10.3. The predicted octanol–water partition coefficient (Wildman–Crippen LogP) is 2.86. The van der Waals surface area contributed by atoms with Gasteiger partial charge in [-0.25, -0.2) is 9.98 Å². The second-order valence-corrected chi connectivity index (χ2v) is 7.35. The molecule has 0 unspecified atom stereocenters. The standard InChI is InChI=1S/C19H32N6S/c1-6-14-12-22-18(26-14)10-11-21-19(20-9-4)23-13-15-16(7-2)24-25(5)17(15)8-3/h12H,6-11,13H2,1-5H3,(H2,20,21,23). The first-order valence-corrected chi connectivity index (χ1v) is 10.4. The van der Waals surface area contributed by atoms with Crippen LogP contribution in [0.2, 0.25) is 0 Å². The van der Waals surface area contributed by atoms with Crippen molar-refractivity contribution in [1.29, 1.82) is 0 Å². The van der Waals surface area contributed by atoms with Crippen molar-refractivity contribution >= 4 is 17.3 Å². The summed E-state index contributed by atoms with van der Waals surface area (Å²) in [6.07, 6.45) is 5.87. The molecule has 0 aliphatic rings. The van der Waals surface area contributed by atoms with Crippen LogP contribution < -0.4 is 10.6 Å². The lowest BCUT2D eigenvalue weighted by Gasteiger charge is -2.11. The molecule has 0 radical (unpaired) electrons. The van der Waals surface area contributed by atoms with E-state index in [1.165, 1.54) is 21.1 Å². The third kappa shape index (κ3) is 5.30. The van der Waals surface area contributed by atoms with Crippen LogP contribution in [0, 0.1) is 0 Å². The van der Waals surface area contributed by atoms with Gasteiger partial charge in [0.25, 0.3) is 0 Å². The zero-order valence-corrected chi connectivity index (χ0v) is 17.5. The molecule has 0 bridgehead atoms. The summed E-state index contributed by atoms with van der Waals surface area (Å²) in [6, 6.07) is 0. The normalized spacial score (nSPS) is 11.8. The average molecular weight is 377 g/mol. The molecule has 0 aliphatic carbocycles. The van der Waals surface area contributed by atoms with Gasteiger partial charge in [-0.3, -0.25) is 4.68 Å². The van der Waals surface area contributed by atoms with E-state index in [9.17, 15) is 0 Å². The minimum absolute atomic E-state index is 0.659. The third-order valence-electron chi connectivity index (χ3n) is 4.35. The van der Waals surface area contributed by atoms with Gasteiger partial charge in [0, 0.05) is 48.9 Å². The first-order valence-electron chi connectivity index (χ1n) is 9.62. The van der Waals surface area contributed by atoms with Crippen molar-refractivity contribution in [2.75, 3.05) is 13.1 Å².